The van der Waals surface area contributed by atoms with E-state index >= 15 is 0 Å². The van der Waals surface area contributed by atoms with E-state index in [2.05, 4.69) is 0 Å². The molecule has 0 amide bonds. The number of hydrogen-bond acceptors (Lipinski definition) is 3. The molecule has 0 fully saturated rings. The average molecular weight is 146 g/mol. The summed E-state index contributed by atoms with van der Waals surface area (Å²) in [5.41, 5.74) is 0. The van der Waals surface area contributed by atoms with Crippen molar-refractivity contribution in [2.45, 2.75) is 0 Å². The Kier molecular flexibility index (Phi) is 3.42. The summed E-state index contributed by atoms with van der Waals surface area (Å²) in [4.78, 5) is 28.6. The second kappa shape index (κ2) is 3.69. The summed E-state index contributed by atoms with van der Waals surface area (Å²) >= 11 is -1.40. The van der Waals surface area contributed by atoms with Crippen molar-refractivity contribution >= 4 is 15.8 Å². The number of carbonyl (C=O) groups is 3. The topological polar surface area (TPSA) is 51.2 Å². The van der Waals surface area contributed by atoms with E-state index in [1.807, 2.05) is 0 Å². The molecule has 0 aliphatic carbocycles. The fraction of sp³-hybridized carbons (Fsp3) is 0. The van der Waals surface area contributed by atoms with Crippen LogP contribution in [0.3, 0.4) is 0 Å². The molecule has 43 valence electrons. The van der Waals surface area contributed by atoms with Gasteiger partial charge in [-0.1, -0.05) is 0 Å². The minimum absolute atomic E-state index is 0.333. The fourth-order valence-electron chi connectivity index (χ4n) is 0.0527. The molecule has 0 aromatic rings. The van der Waals surface area contributed by atoms with Crippen LogP contribution in [0.25, 0.3) is 0 Å². The zero-order valence-electron chi connectivity index (χ0n) is 3.27. The third kappa shape index (κ3) is 2.23. The Bertz CT molecular complexity index is 71.2. The first kappa shape index (κ1) is 6.50. The van der Waals surface area contributed by atoms with Gasteiger partial charge in [0, 0.05) is 0 Å². The van der Waals surface area contributed by atoms with E-state index in [9.17, 15) is 14.4 Å². The van der Waals surface area contributed by atoms with Crippen molar-refractivity contribution < 1.29 is 27.8 Å². The molecule has 0 atom stereocenters. The van der Waals surface area contributed by atoms with E-state index < -0.39 is 13.4 Å². The van der Waals surface area contributed by atoms with Crippen LogP contribution in [0.2, 0.25) is 0 Å². The number of carbonyl (C=O) groups excluding carboxylic acids is 3. The summed E-state index contributed by atoms with van der Waals surface area (Å²) in [6.07, 6.45) is 0. The van der Waals surface area contributed by atoms with Gasteiger partial charge in [-0.3, -0.25) is 0 Å². The molecule has 0 rings (SSSR count). The molecule has 0 unspecified atom stereocenters. The Morgan fingerprint density at radius 2 is 1.14 bits per heavy atom. The van der Waals surface area contributed by atoms with Crippen molar-refractivity contribution in [2.75, 3.05) is 0 Å². The Balaban J connectivity index is 3.57. The molecule has 4 heteroatoms. The summed E-state index contributed by atoms with van der Waals surface area (Å²) in [6, 6.07) is 0. The molecule has 0 radical (unpaired) electrons. The van der Waals surface area contributed by atoms with Gasteiger partial charge >= 0.3 is 43.6 Å². The Morgan fingerprint density at radius 3 is 1.14 bits per heavy atom. The average Bonchev–Trinajstić information content (AvgIpc) is 1.72. The molecule has 0 saturated heterocycles. The Morgan fingerprint density at radius 1 is 0.857 bits per heavy atom. The molecule has 3 nitrogen and oxygen atoms in total. The molecule has 7 heavy (non-hydrogen) atoms. The van der Waals surface area contributed by atoms with Crippen molar-refractivity contribution in [3.8, 4) is 0 Å². The predicted molar refractivity (Wildman–Crippen MR) is 20.3 cm³/mol. The molecule has 0 bridgehead atoms. The molecule has 0 heterocycles. The van der Waals surface area contributed by atoms with E-state index in [4.69, 9.17) is 0 Å². The van der Waals surface area contributed by atoms with E-state index in [-0.39, 0.29) is 0 Å². The monoisotopic (exact) mass is 145 g/mol. The first-order valence-corrected chi connectivity index (χ1v) is 2.97. The van der Waals surface area contributed by atoms with Gasteiger partial charge in [0.05, 0.1) is 0 Å². The standard InChI is InChI=1S/3CHO.Ni/c3*1-2;/h3*1H;. The van der Waals surface area contributed by atoms with Crippen LogP contribution in [0.4, 0.5) is 0 Å². The molecule has 0 aromatic carbocycles. The van der Waals surface area contributed by atoms with E-state index in [1.54, 1.807) is 0 Å². The Labute approximate surface area is 44.3 Å². The maximum absolute atomic E-state index is 9.52. The zero-order chi connectivity index (χ0) is 5.70. The molecule has 0 saturated carbocycles. The van der Waals surface area contributed by atoms with Crippen molar-refractivity contribution in [3.63, 3.8) is 0 Å². The quantitative estimate of drug-likeness (QED) is 0.385. The van der Waals surface area contributed by atoms with Crippen molar-refractivity contribution in [2.24, 2.45) is 0 Å². The SMILES string of the molecule is O=[CH][Ni]([CH]=O)[CH]=O. The zero-order valence-corrected chi connectivity index (χ0v) is 4.26. The summed E-state index contributed by atoms with van der Waals surface area (Å²) in [6.45, 7) is 0. The van der Waals surface area contributed by atoms with Gasteiger partial charge in [-0.25, -0.2) is 0 Å². The van der Waals surface area contributed by atoms with Crippen LogP contribution in [0.15, 0.2) is 0 Å². The molecule has 0 aliphatic rings. The van der Waals surface area contributed by atoms with Crippen LogP contribution in [0.1, 0.15) is 0 Å². The van der Waals surface area contributed by atoms with Gasteiger partial charge < -0.3 is 0 Å². The Hall–Kier alpha value is -0.496. The fourth-order valence-corrected chi connectivity index (χ4v) is 0.217. The molecule has 0 N–H and O–H groups in total. The van der Waals surface area contributed by atoms with Crippen LogP contribution in [0, 0.1) is 0 Å². The molecular weight excluding hydrogens is 143 g/mol. The van der Waals surface area contributed by atoms with Gasteiger partial charge in [-0.05, 0) is 0 Å². The van der Waals surface area contributed by atoms with Gasteiger partial charge in [0.1, 0.15) is 0 Å². The van der Waals surface area contributed by atoms with Gasteiger partial charge in [-0.2, -0.15) is 0 Å². The van der Waals surface area contributed by atoms with Crippen LogP contribution in [-0.2, 0) is 27.8 Å². The third-order valence-electron chi connectivity index (χ3n) is 0.258. The van der Waals surface area contributed by atoms with E-state index in [0.717, 1.165) is 0 Å². The summed E-state index contributed by atoms with van der Waals surface area (Å²) in [7, 11) is 0. The summed E-state index contributed by atoms with van der Waals surface area (Å²) in [5.74, 6) is 0. The molecular formula is C3H3NiO3. The third-order valence-corrected chi connectivity index (χ3v) is 1.06. The second-order valence-corrected chi connectivity index (χ2v) is 2.23. The van der Waals surface area contributed by atoms with Gasteiger partial charge in [0.25, 0.3) is 0 Å². The second-order valence-electron chi connectivity index (χ2n) is 0.540. The molecule has 0 aromatic heterocycles. The van der Waals surface area contributed by atoms with Crippen molar-refractivity contribution in [1.82, 2.24) is 0 Å². The van der Waals surface area contributed by atoms with Crippen LogP contribution in [0.5, 0.6) is 0 Å². The van der Waals surface area contributed by atoms with Crippen LogP contribution >= 0.6 is 0 Å². The van der Waals surface area contributed by atoms with Crippen molar-refractivity contribution in [1.29, 1.82) is 0 Å². The first-order chi connectivity index (χ1) is 3.35. The van der Waals surface area contributed by atoms with Gasteiger partial charge in [-0.15, -0.1) is 0 Å². The summed E-state index contributed by atoms with van der Waals surface area (Å²) in [5, 5.41) is 1.000. The van der Waals surface area contributed by atoms with Gasteiger partial charge in [0.2, 0.25) is 0 Å². The number of rotatable bonds is 3. The molecule has 0 spiro atoms. The van der Waals surface area contributed by atoms with E-state index in [1.165, 1.54) is 0 Å². The first-order valence-electron chi connectivity index (χ1n) is 1.25. The predicted octanol–water partition coefficient (Wildman–Crippen LogP) is -0.825. The minimum atomic E-state index is -1.40. The maximum atomic E-state index is 9.52. The van der Waals surface area contributed by atoms with Crippen molar-refractivity contribution in [3.05, 3.63) is 0 Å². The number of hydrogen-bond donors (Lipinski definition) is 0. The van der Waals surface area contributed by atoms with Crippen LogP contribution in [-0.4, -0.2) is 15.8 Å². The normalized spacial score (nSPS) is 9.43. The van der Waals surface area contributed by atoms with Crippen LogP contribution < -0.4 is 0 Å². The molecule has 0 aliphatic heterocycles. The van der Waals surface area contributed by atoms with Gasteiger partial charge in [0.15, 0.2) is 0 Å². The summed E-state index contributed by atoms with van der Waals surface area (Å²) < 4.78 is 0. The van der Waals surface area contributed by atoms with E-state index in [0.29, 0.717) is 15.8 Å².